The third-order valence-electron chi connectivity index (χ3n) is 2.19. The Hall–Kier alpha value is -1.88. The molecule has 0 aliphatic heterocycles. The largest absolute Gasteiger partial charge is 0.497 e. The Morgan fingerprint density at radius 1 is 1.33 bits per heavy atom. The zero-order valence-electron chi connectivity index (χ0n) is 10.7. The van der Waals surface area contributed by atoms with Gasteiger partial charge in [0.1, 0.15) is 5.75 Å². The fourth-order valence-corrected chi connectivity index (χ4v) is 1.21. The number of hydrazone groups is 1. The molecule has 0 unspecified atom stereocenters. The maximum Gasteiger partial charge on any atom is 0.186 e. The molecular formula is C13H17N3OS. The van der Waals surface area contributed by atoms with Crippen molar-refractivity contribution in [1.82, 2.24) is 10.7 Å². The number of benzene rings is 1. The van der Waals surface area contributed by atoms with Crippen LogP contribution in [0.25, 0.3) is 6.08 Å². The average Bonchev–Trinajstić information content (AvgIpc) is 2.42. The van der Waals surface area contributed by atoms with Crippen LogP contribution in [0.5, 0.6) is 5.75 Å². The molecule has 18 heavy (non-hydrogen) atoms. The maximum atomic E-state index is 5.09. The van der Waals surface area contributed by atoms with Crippen LogP contribution < -0.4 is 15.5 Å². The number of hydrogen-bond donors (Lipinski definition) is 2. The van der Waals surface area contributed by atoms with Gasteiger partial charge in [0, 0.05) is 7.05 Å². The number of hydrogen-bond acceptors (Lipinski definition) is 3. The Morgan fingerprint density at radius 3 is 2.56 bits per heavy atom. The third kappa shape index (κ3) is 4.97. The van der Waals surface area contributed by atoms with Crippen LogP contribution in [0, 0.1) is 0 Å². The minimum absolute atomic E-state index is 0.493. The number of thiocarbonyl (C=S) groups is 1. The lowest BCUT2D eigenvalue weighted by atomic mass is 10.2. The van der Waals surface area contributed by atoms with Crippen molar-refractivity contribution in [3.05, 3.63) is 35.9 Å². The second kappa shape index (κ2) is 7.45. The van der Waals surface area contributed by atoms with Gasteiger partial charge in [-0.3, -0.25) is 5.43 Å². The van der Waals surface area contributed by atoms with E-state index in [1.54, 1.807) is 14.2 Å². The Labute approximate surface area is 113 Å². The molecule has 96 valence electrons. The Kier molecular flexibility index (Phi) is 5.87. The van der Waals surface area contributed by atoms with E-state index in [9.17, 15) is 0 Å². The molecule has 2 N–H and O–H groups in total. The van der Waals surface area contributed by atoms with E-state index in [0.29, 0.717) is 5.11 Å². The van der Waals surface area contributed by atoms with Gasteiger partial charge in [-0.2, -0.15) is 5.10 Å². The molecule has 0 heterocycles. The number of nitrogens with zero attached hydrogens (tertiary/aromatic N) is 1. The van der Waals surface area contributed by atoms with Crippen molar-refractivity contribution in [2.24, 2.45) is 5.10 Å². The highest BCUT2D eigenvalue weighted by molar-refractivity contribution is 7.80. The summed E-state index contributed by atoms with van der Waals surface area (Å²) >= 11 is 4.91. The summed E-state index contributed by atoms with van der Waals surface area (Å²) < 4.78 is 5.09. The number of nitrogens with one attached hydrogen (secondary N) is 2. The summed E-state index contributed by atoms with van der Waals surface area (Å²) in [5, 5.41) is 7.37. The van der Waals surface area contributed by atoms with Gasteiger partial charge in [0.25, 0.3) is 0 Å². The molecule has 0 fully saturated rings. The Bertz CT molecular complexity index is 452. The molecule has 0 atom stereocenters. The minimum atomic E-state index is 0.493. The van der Waals surface area contributed by atoms with E-state index in [4.69, 9.17) is 17.0 Å². The number of methoxy groups -OCH3 is 1. The van der Waals surface area contributed by atoms with Gasteiger partial charge in [0.2, 0.25) is 0 Å². The highest BCUT2D eigenvalue weighted by atomic mass is 32.1. The lowest BCUT2D eigenvalue weighted by Gasteiger charge is -2.01. The normalized spacial score (nSPS) is 11.4. The minimum Gasteiger partial charge on any atom is -0.497 e. The first-order valence-corrected chi connectivity index (χ1v) is 5.90. The molecule has 0 spiro atoms. The van der Waals surface area contributed by atoms with Gasteiger partial charge >= 0.3 is 0 Å². The first-order valence-electron chi connectivity index (χ1n) is 5.50. The summed E-state index contributed by atoms with van der Waals surface area (Å²) in [7, 11) is 3.39. The standard InChI is InChI=1S/C13H17N3OS/c1-10(15-16-13(18)14-2)4-5-11-6-8-12(17-3)9-7-11/h4-9H,1-3H3,(H2,14,16,18)/b5-4+,15-10+. The Balaban J connectivity index is 2.59. The predicted molar refractivity (Wildman–Crippen MR) is 79.9 cm³/mol. The fourth-order valence-electron chi connectivity index (χ4n) is 1.16. The quantitative estimate of drug-likeness (QED) is 0.496. The molecule has 1 aromatic carbocycles. The smallest absolute Gasteiger partial charge is 0.186 e. The van der Waals surface area contributed by atoms with Crippen molar-refractivity contribution in [3.8, 4) is 5.75 Å². The zero-order valence-corrected chi connectivity index (χ0v) is 11.5. The summed E-state index contributed by atoms with van der Waals surface area (Å²) in [6.07, 6.45) is 3.88. The molecule has 1 aromatic rings. The van der Waals surface area contributed by atoms with Crippen molar-refractivity contribution in [3.63, 3.8) is 0 Å². The molecule has 5 heteroatoms. The van der Waals surface area contributed by atoms with Crippen molar-refractivity contribution in [2.75, 3.05) is 14.2 Å². The van der Waals surface area contributed by atoms with E-state index in [0.717, 1.165) is 17.0 Å². The van der Waals surface area contributed by atoms with E-state index in [-0.39, 0.29) is 0 Å². The molecule has 0 saturated heterocycles. The number of allylic oxidation sites excluding steroid dienone is 1. The summed E-state index contributed by atoms with van der Waals surface area (Å²) in [6, 6.07) is 7.80. The summed E-state index contributed by atoms with van der Waals surface area (Å²) in [6.45, 7) is 1.89. The van der Waals surface area contributed by atoms with Crippen LogP contribution in [-0.4, -0.2) is 25.0 Å². The number of ether oxygens (including phenoxy) is 1. The van der Waals surface area contributed by atoms with Gasteiger partial charge in [-0.1, -0.05) is 18.2 Å². The molecule has 0 bridgehead atoms. The SMILES string of the molecule is CNC(=S)N/N=C(C)/C=C/c1ccc(OC)cc1. The molecule has 0 aliphatic rings. The Morgan fingerprint density at radius 2 is 2.00 bits per heavy atom. The zero-order chi connectivity index (χ0) is 13.4. The number of rotatable bonds is 4. The molecule has 0 aliphatic carbocycles. The van der Waals surface area contributed by atoms with Crippen LogP contribution in [0.3, 0.4) is 0 Å². The summed E-state index contributed by atoms with van der Waals surface area (Å²) in [5.41, 5.74) is 4.64. The lowest BCUT2D eigenvalue weighted by molar-refractivity contribution is 0.415. The van der Waals surface area contributed by atoms with Gasteiger partial charge in [0.15, 0.2) is 5.11 Å². The van der Waals surface area contributed by atoms with Crippen LogP contribution in [0.1, 0.15) is 12.5 Å². The second-order valence-electron chi connectivity index (χ2n) is 3.55. The van der Waals surface area contributed by atoms with Crippen molar-refractivity contribution in [1.29, 1.82) is 0 Å². The van der Waals surface area contributed by atoms with Crippen molar-refractivity contribution < 1.29 is 4.74 Å². The fraction of sp³-hybridized carbons (Fsp3) is 0.231. The van der Waals surface area contributed by atoms with Gasteiger partial charge in [0.05, 0.1) is 12.8 Å². The average molecular weight is 263 g/mol. The molecule has 0 saturated carbocycles. The molecule has 0 amide bonds. The van der Waals surface area contributed by atoms with Gasteiger partial charge in [-0.15, -0.1) is 0 Å². The third-order valence-corrected chi connectivity index (χ3v) is 2.49. The highest BCUT2D eigenvalue weighted by Gasteiger charge is 1.91. The molecule has 0 radical (unpaired) electrons. The topological polar surface area (TPSA) is 45.7 Å². The van der Waals surface area contributed by atoms with Gasteiger partial charge in [-0.05, 0) is 42.9 Å². The summed E-state index contributed by atoms with van der Waals surface area (Å²) in [5.74, 6) is 0.846. The predicted octanol–water partition coefficient (Wildman–Crippen LogP) is 2.18. The first kappa shape index (κ1) is 14.2. The van der Waals surface area contributed by atoms with E-state index in [1.165, 1.54) is 0 Å². The van der Waals surface area contributed by atoms with Crippen LogP contribution in [0.4, 0.5) is 0 Å². The van der Waals surface area contributed by atoms with Gasteiger partial charge < -0.3 is 10.1 Å². The highest BCUT2D eigenvalue weighted by Crippen LogP contribution is 2.12. The van der Waals surface area contributed by atoms with Crippen LogP contribution in [0.15, 0.2) is 35.4 Å². The van der Waals surface area contributed by atoms with Crippen LogP contribution in [-0.2, 0) is 0 Å². The first-order chi connectivity index (χ1) is 8.65. The molecule has 4 nitrogen and oxygen atoms in total. The van der Waals surface area contributed by atoms with Crippen LogP contribution in [0.2, 0.25) is 0 Å². The lowest BCUT2D eigenvalue weighted by Crippen LogP contribution is -2.28. The van der Waals surface area contributed by atoms with Crippen molar-refractivity contribution >= 4 is 29.1 Å². The molecule has 1 rings (SSSR count). The van der Waals surface area contributed by atoms with E-state index in [2.05, 4.69) is 15.8 Å². The summed E-state index contributed by atoms with van der Waals surface area (Å²) in [4.78, 5) is 0. The van der Waals surface area contributed by atoms with E-state index < -0.39 is 0 Å². The van der Waals surface area contributed by atoms with E-state index >= 15 is 0 Å². The van der Waals surface area contributed by atoms with Crippen molar-refractivity contribution in [2.45, 2.75) is 6.92 Å². The molecule has 0 aromatic heterocycles. The maximum absolute atomic E-state index is 5.09. The molecular weight excluding hydrogens is 246 g/mol. The second-order valence-corrected chi connectivity index (χ2v) is 3.96. The van der Waals surface area contributed by atoms with Crippen LogP contribution >= 0.6 is 12.2 Å². The van der Waals surface area contributed by atoms with Gasteiger partial charge in [-0.25, -0.2) is 0 Å². The van der Waals surface area contributed by atoms with E-state index in [1.807, 2.05) is 43.3 Å². The monoisotopic (exact) mass is 263 g/mol.